The minimum absolute atomic E-state index is 0.0342. The molecule has 4 rings (SSSR count). The molecule has 1 aliphatic heterocycles. The van der Waals surface area contributed by atoms with E-state index >= 15 is 0 Å². The Labute approximate surface area is 226 Å². The number of amides is 2. The number of hydrazine groups is 1. The van der Waals surface area contributed by atoms with Crippen LogP contribution in [-0.4, -0.2) is 44.2 Å². The van der Waals surface area contributed by atoms with Gasteiger partial charge in [0, 0.05) is 13.1 Å². The number of carbonyl (C=O) groups excluding carboxylic acids is 2. The molecule has 9 nitrogen and oxygen atoms in total. The zero-order valence-electron chi connectivity index (χ0n) is 20.3. The molecule has 0 bridgehead atoms. The standard InChI is InChI=1S/C27H25ClN4O5S/c28-25-13-12-23(38(35,36)32-14-2-1-3-15-32)16-24(25)27(34)31-30-26(33)18-37-22-10-8-21(9-11-22)20-6-4-19(17-29)5-7-20/h4-13,16H,1-3,14-15,18H2,(H,30,33)(H,31,34). The molecule has 0 saturated carbocycles. The molecule has 2 amide bonds. The summed E-state index contributed by atoms with van der Waals surface area (Å²) in [7, 11) is -3.75. The van der Waals surface area contributed by atoms with Crippen LogP contribution in [0.4, 0.5) is 0 Å². The van der Waals surface area contributed by atoms with Gasteiger partial charge in [-0.3, -0.25) is 20.4 Å². The lowest BCUT2D eigenvalue weighted by atomic mass is 10.0. The van der Waals surface area contributed by atoms with Gasteiger partial charge in [-0.2, -0.15) is 9.57 Å². The van der Waals surface area contributed by atoms with E-state index in [2.05, 4.69) is 16.9 Å². The summed E-state index contributed by atoms with van der Waals surface area (Å²) in [6.07, 6.45) is 2.55. The summed E-state index contributed by atoms with van der Waals surface area (Å²) < 4.78 is 32.8. The molecule has 0 spiro atoms. The van der Waals surface area contributed by atoms with Crippen LogP contribution in [-0.2, 0) is 14.8 Å². The van der Waals surface area contributed by atoms with Gasteiger partial charge >= 0.3 is 0 Å². The molecule has 0 radical (unpaired) electrons. The van der Waals surface area contributed by atoms with E-state index < -0.39 is 21.8 Å². The van der Waals surface area contributed by atoms with E-state index in [9.17, 15) is 18.0 Å². The predicted molar refractivity (Wildman–Crippen MR) is 142 cm³/mol. The van der Waals surface area contributed by atoms with Crippen molar-refractivity contribution in [3.05, 3.63) is 82.9 Å². The molecule has 3 aromatic rings. The first-order chi connectivity index (χ1) is 18.3. The first-order valence-corrected chi connectivity index (χ1v) is 13.7. The second-order valence-corrected chi connectivity index (χ2v) is 11.0. The van der Waals surface area contributed by atoms with Gasteiger partial charge in [0.05, 0.1) is 27.1 Å². The maximum absolute atomic E-state index is 12.9. The van der Waals surface area contributed by atoms with Crippen LogP contribution in [0.1, 0.15) is 35.2 Å². The van der Waals surface area contributed by atoms with Crippen LogP contribution >= 0.6 is 11.6 Å². The molecule has 0 unspecified atom stereocenters. The molecule has 0 atom stereocenters. The molecule has 1 fully saturated rings. The van der Waals surface area contributed by atoms with Crippen molar-refractivity contribution in [1.29, 1.82) is 5.26 Å². The Morgan fingerprint density at radius 3 is 2.18 bits per heavy atom. The molecule has 1 saturated heterocycles. The maximum Gasteiger partial charge on any atom is 0.276 e. The van der Waals surface area contributed by atoms with Crippen molar-refractivity contribution in [2.45, 2.75) is 24.2 Å². The molecule has 2 N–H and O–H groups in total. The summed E-state index contributed by atoms with van der Waals surface area (Å²) in [4.78, 5) is 24.8. The van der Waals surface area contributed by atoms with Gasteiger partial charge in [-0.15, -0.1) is 0 Å². The van der Waals surface area contributed by atoms with Crippen molar-refractivity contribution in [1.82, 2.24) is 15.2 Å². The van der Waals surface area contributed by atoms with Crippen molar-refractivity contribution in [3.8, 4) is 22.9 Å². The molecular weight excluding hydrogens is 528 g/mol. The van der Waals surface area contributed by atoms with Crippen LogP contribution in [0.25, 0.3) is 11.1 Å². The quantitative estimate of drug-likeness (QED) is 0.428. The lowest BCUT2D eigenvalue weighted by molar-refractivity contribution is -0.123. The minimum Gasteiger partial charge on any atom is -0.484 e. The monoisotopic (exact) mass is 552 g/mol. The SMILES string of the molecule is N#Cc1ccc(-c2ccc(OCC(=O)NNC(=O)c3cc(S(=O)(=O)N4CCCCC4)ccc3Cl)cc2)cc1. The zero-order chi connectivity index (χ0) is 27.1. The Kier molecular flexibility index (Phi) is 8.63. The highest BCUT2D eigenvalue weighted by atomic mass is 35.5. The number of hydrogen-bond donors (Lipinski definition) is 2. The number of nitriles is 1. The maximum atomic E-state index is 12.9. The lowest BCUT2D eigenvalue weighted by Gasteiger charge is -2.26. The number of hydrogen-bond acceptors (Lipinski definition) is 6. The number of nitrogens with zero attached hydrogens (tertiary/aromatic N) is 2. The predicted octanol–water partition coefficient (Wildman–Crippen LogP) is 3.89. The average Bonchev–Trinajstić information content (AvgIpc) is 2.95. The van der Waals surface area contributed by atoms with Crippen molar-refractivity contribution in [2.75, 3.05) is 19.7 Å². The summed E-state index contributed by atoms with van der Waals surface area (Å²) in [5.74, 6) is -0.934. The third-order valence-corrected chi connectivity index (χ3v) is 8.25. The van der Waals surface area contributed by atoms with E-state index in [0.717, 1.165) is 30.4 Å². The van der Waals surface area contributed by atoms with Gasteiger partial charge in [0.15, 0.2) is 6.61 Å². The van der Waals surface area contributed by atoms with E-state index in [1.807, 2.05) is 24.3 Å². The molecule has 1 heterocycles. The van der Waals surface area contributed by atoms with Gasteiger partial charge in [0.25, 0.3) is 11.8 Å². The number of halogens is 1. The van der Waals surface area contributed by atoms with E-state index in [1.165, 1.54) is 22.5 Å². The highest BCUT2D eigenvalue weighted by Gasteiger charge is 2.27. The normalized spacial score (nSPS) is 13.8. The number of nitrogens with one attached hydrogen (secondary N) is 2. The van der Waals surface area contributed by atoms with Gasteiger partial charge in [0.1, 0.15) is 5.75 Å². The number of rotatable bonds is 7. The van der Waals surface area contributed by atoms with Crippen molar-refractivity contribution in [2.24, 2.45) is 0 Å². The van der Waals surface area contributed by atoms with Crippen LogP contribution in [0, 0.1) is 11.3 Å². The fourth-order valence-electron chi connectivity index (χ4n) is 3.95. The van der Waals surface area contributed by atoms with Gasteiger partial charge in [-0.1, -0.05) is 42.3 Å². The third-order valence-electron chi connectivity index (χ3n) is 6.02. The average molecular weight is 553 g/mol. The molecule has 196 valence electrons. The number of benzene rings is 3. The van der Waals surface area contributed by atoms with Gasteiger partial charge in [0.2, 0.25) is 10.0 Å². The zero-order valence-corrected chi connectivity index (χ0v) is 21.9. The van der Waals surface area contributed by atoms with Crippen LogP contribution < -0.4 is 15.6 Å². The van der Waals surface area contributed by atoms with Crippen molar-refractivity contribution < 1.29 is 22.7 Å². The Morgan fingerprint density at radius 2 is 1.55 bits per heavy atom. The van der Waals surface area contributed by atoms with Crippen LogP contribution in [0.2, 0.25) is 5.02 Å². The summed E-state index contributed by atoms with van der Waals surface area (Å²) in [5, 5.41) is 8.96. The molecule has 1 aliphatic rings. The highest BCUT2D eigenvalue weighted by molar-refractivity contribution is 7.89. The molecule has 38 heavy (non-hydrogen) atoms. The summed E-state index contributed by atoms with van der Waals surface area (Å²) in [6, 6.07) is 20.2. The first-order valence-electron chi connectivity index (χ1n) is 11.9. The summed E-state index contributed by atoms with van der Waals surface area (Å²) in [5.41, 5.74) is 6.82. The van der Waals surface area contributed by atoms with Crippen molar-refractivity contribution in [3.63, 3.8) is 0 Å². The van der Waals surface area contributed by atoms with E-state index in [0.29, 0.717) is 24.4 Å². The van der Waals surface area contributed by atoms with E-state index in [1.54, 1.807) is 24.3 Å². The topological polar surface area (TPSA) is 129 Å². The Morgan fingerprint density at radius 1 is 0.921 bits per heavy atom. The fourth-order valence-corrected chi connectivity index (χ4v) is 5.70. The highest BCUT2D eigenvalue weighted by Crippen LogP contribution is 2.25. The van der Waals surface area contributed by atoms with Crippen LogP contribution in [0.15, 0.2) is 71.6 Å². The second-order valence-electron chi connectivity index (χ2n) is 8.61. The minimum atomic E-state index is -3.75. The molecule has 0 aliphatic carbocycles. The fraction of sp³-hybridized carbons (Fsp3) is 0.222. The number of piperidine rings is 1. The third kappa shape index (κ3) is 6.50. The first kappa shape index (κ1) is 27.1. The van der Waals surface area contributed by atoms with E-state index in [4.69, 9.17) is 21.6 Å². The Bertz CT molecular complexity index is 1460. The van der Waals surface area contributed by atoms with Crippen LogP contribution in [0.5, 0.6) is 5.75 Å². The molecule has 11 heteroatoms. The summed E-state index contributed by atoms with van der Waals surface area (Å²) >= 11 is 6.13. The van der Waals surface area contributed by atoms with Crippen LogP contribution in [0.3, 0.4) is 0 Å². The Hall–Kier alpha value is -3.91. The smallest absolute Gasteiger partial charge is 0.276 e. The van der Waals surface area contributed by atoms with Gasteiger partial charge in [-0.05, 0) is 66.4 Å². The lowest BCUT2D eigenvalue weighted by Crippen LogP contribution is -2.44. The Balaban J connectivity index is 1.31. The summed E-state index contributed by atoms with van der Waals surface area (Å²) in [6.45, 7) is 0.495. The van der Waals surface area contributed by atoms with Crippen molar-refractivity contribution >= 4 is 33.4 Å². The molecule has 0 aromatic heterocycles. The largest absolute Gasteiger partial charge is 0.484 e. The van der Waals surface area contributed by atoms with Gasteiger partial charge < -0.3 is 4.74 Å². The second kappa shape index (κ2) is 12.1. The van der Waals surface area contributed by atoms with Gasteiger partial charge in [-0.25, -0.2) is 8.42 Å². The molecular formula is C27H25ClN4O5S. The van der Waals surface area contributed by atoms with E-state index in [-0.39, 0.29) is 22.1 Å². The number of sulfonamides is 1. The number of ether oxygens (including phenoxy) is 1. The molecule has 3 aromatic carbocycles. The number of carbonyl (C=O) groups is 2.